The lowest BCUT2D eigenvalue weighted by Gasteiger charge is -2.32. The van der Waals surface area contributed by atoms with E-state index in [1.807, 2.05) is 6.20 Å². The zero-order valence-corrected chi connectivity index (χ0v) is 8.55. The van der Waals surface area contributed by atoms with E-state index < -0.39 is 0 Å². The van der Waals surface area contributed by atoms with Crippen LogP contribution in [0.4, 0.5) is 10.1 Å². The number of anilines is 2. The Balaban J connectivity index is 2.02. The second kappa shape index (κ2) is 3.51. The van der Waals surface area contributed by atoms with Crippen molar-refractivity contribution in [2.24, 2.45) is 0 Å². The molecular weight excluding hydrogens is 184 g/mol. The fourth-order valence-electron chi connectivity index (χ4n) is 1.45. The molecule has 2 N–H and O–H groups in total. The van der Waals surface area contributed by atoms with Crippen molar-refractivity contribution in [2.45, 2.75) is 0 Å². The van der Waals surface area contributed by atoms with Gasteiger partial charge in [-0.1, -0.05) is 11.3 Å². The molecule has 0 bridgehead atoms. The van der Waals surface area contributed by atoms with Crippen molar-refractivity contribution >= 4 is 21.5 Å². The molecule has 1 aliphatic rings. The van der Waals surface area contributed by atoms with Gasteiger partial charge in [0.25, 0.3) is 0 Å². The molecule has 0 unspecified atom stereocenters. The van der Waals surface area contributed by atoms with Gasteiger partial charge in [-0.25, -0.2) is 4.98 Å². The molecule has 5 heteroatoms. The predicted octanol–water partition coefficient (Wildman–Crippen LogP) is 0.477. The molecule has 1 aromatic heterocycles. The largest absolute Gasteiger partial charge is 0.375 e. The van der Waals surface area contributed by atoms with Gasteiger partial charge >= 0.3 is 0 Å². The molecule has 72 valence electrons. The summed E-state index contributed by atoms with van der Waals surface area (Å²) in [6, 6.07) is 0. The minimum Gasteiger partial charge on any atom is -0.375 e. The van der Waals surface area contributed by atoms with Crippen LogP contribution in [0.3, 0.4) is 0 Å². The van der Waals surface area contributed by atoms with Crippen molar-refractivity contribution < 1.29 is 0 Å². The average molecular weight is 198 g/mol. The summed E-state index contributed by atoms with van der Waals surface area (Å²) < 4.78 is 0. The van der Waals surface area contributed by atoms with Gasteiger partial charge in [0.05, 0.1) is 6.20 Å². The van der Waals surface area contributed by atoms with Crippen LogP contribution in [0.1, 0.15) is 0 Å². The first-order valence-corrected chi connectivity index (χ1v) is 5.22. The first kappa shape index (κ1) is 8.77. The maximum absolute atomic E-state index is 5.58. The quantitative estimate of drug-likeness (QED) is 0.713. The predicted molar refractivity (Wildman–Crippen MR) is 56.2 cm³/mol. The molecule has 0 radical (unpaired) electrons. The number of aromatic nitrogens is 1. The molecule has 1 fully saturated rings. The number of nitrogens with zero attached hydrogens (tertiary/aromatic N) is 3. The highest BCUT2D eigenvalue weighted by molar-refractivity contribution is 7.19. The minimum absolute atomic E-state index is 0.661. The summed E-state index contributed by atoms with van der Waals surface area (Å²) in [6.07, 6.45) is 1.87. The van der Waals surface area contributed by atoms with Crippen LogP contribution >= 0.6 is 11.3 Å². The van der Waals surface area contributed by atoms with Crippen LogP contribution in [0.25, 0.3) is 0 Å². The van der Waals surface area contributed by atoms with E-state index in [1.54, 1.807) is 11.3 Å². The number of thiazole rings is 1. The van der Waals surface area contributed by atoms with Crippen molar-refractivity contribution in [1.82, 2.24) is 9.88 Å². The third-order valence-electron chi connectivity index (χ3n) is 2.33. The number of piperazine rings is 1. The number of hydrogen-bond donors (Lipinski definition) is 1. The highest BCUT2D eigenvalue weighted by Gasteiger charge is 2.15. The molecule has 0 amide bonds. The zero-order chi connectivity index (χ0) is 9.26. The standard InChI is InChI=1S/C8H14N4S/c1-11-2-4-12(5-3-11)7-6-10-8(9)13-7/h6H,2-5H2,1H3,(H2,9,10). The highest BCUT2D eigenvalue weighted by atomic mass is 32.1. The second-order valence-electron chi connectivity index (χ2n) is 3.33. The molecule has 1 aromatic rings. The lowest BCUT2D eigenvalue weighted by Crippen LogP contribution is -2.44. The van der Waals surface area contributed by atoms with Crippen molar-refractivity contribution in [3.63, 3.8) is 0 Å². The molecule has 4 nitrogen and oxygen atoms in total. The fraction of sp³-hybridized carbons (Fsp3) is 0.625. The van der Waals surface area contributed by atoms with E-state index >= 15 is 0 Å². The lowest BCUT2D eigenvalue weighted by atomic mass is 10.3. The zero-order valence-electron chi connectivity index (χ0n) is 7.73. The Hall–Kier alpha value is -0.810. The molecule has 0 atom stereocenters. The molecular formula is C8H14N4S. The Labute approximate surface area is 82.0 Å². The van der Waals surface area contributed by atoms with E-state index in [0.29, 0.717) is 5.13 Å². The third-order valence-corrected chi connectivity index (χ3v) is 3.21. The Kier molecular flexibility index (Phi) is 2.37. The number of nitrogen functional groups attached to an aromatic ring is 1. The van der Waals surface area contributed by atoms with Crippen LogP contribution < -0.4 is 10.6 Å². The van der Waals surface area contributed by atoms with Gasteiger partial charge in [0, 0.05) is 26.2 Å². The summed E-state index contributed by atoms with van der Waals surface area (Å²) in [5.74, 6) is 0. The highest BCUT2D eigenvalue weighted by Crippen LogP contribution is 2.25. The van der Waals surface area contributed by atoms with Crippen molar-refractivity contribution in [2.75, 3.05) is 43.9 Å². The molecule has 0 saturated carbocycles. The molecule has 2 heterocycles. The van der Waals surface area contributed by atoms with Crippen LogP contribution in [-0.4, -0.2) is 43.1 Å². The molecule has 1 saturated heterocycles. The van der Waals surface area contributed by atoms with Gasteiger partial charge in [-0.3, -0.25) is 0 Å². The number of rotatable bonds is 1. The van der Waals surface area contributed by atoms with E-state index in [0.717, 1.165) is 26.2 Å². The van der Waals surface area contributed by atoms with Gasteiger partial charge < -0.3 is 15.5 Å². The van der Waals surface area contributed by atoms with Gasteiger partial charge in [-0.05, 0) is 7.05 Å². The monoisotopic (exact) mass is 198 g/mol. The molecule has 1 aliphatic heterocycles. The van der Waals surface area contributed by atoms with E-state index in [1.165, 1.54) is 5.00 Å². The van der Waals surface area contributed by atoms with Gasteiger partial charge in [0.2, 0.25) is 0 Å². The maximum atomic E-state index is 5.58. The van der Waals surface area contributed by atoms with E-state index in [4.69, 9.17) is 5.73 Å². The summed E-state index contributed by atoms with van der Waals surface area (Å²) in [5, 5.41) is 1.86. The Morgan fingerprint density at radius 1 is 1.38 bits per heavy atom. The lowest BCUT2D eigenvalue weighted by molar-refractivity contribution is 0.313. The van der Waals surface area contributed by atoms with Crippen molar-refractivity contribution in [3.05, 3.63) is 6.20 Å². The van der Waals surface area contributed by atoms with Gasteiger partial charge in [0.1, 0.15) is 5.00 Å². The smallest absolute Gasteiger partial charge is 0.181 e. The molecule has 13 heavy (non-hydrogen) atoms. The van der Waals surface area contributed by atoms with Crippen LogP contribution in [0.2, 0.25) is 0 Å². The SMILES string of the molecule is CN1CCN(c2cnc(N)s2)CC1. The number of likely N-dealkylation sites (N-methyl/N-ethyl adjacent to an activating group) is 1. The molecule has 2 rings (SSSR count). The van der Waals surface area contributed by atoms with Crippen LogP contribution in [0.15, 0.2) is 6.20 Å². The topological polar surface area (TPSA) is 45.4 Å². The fourth-order valence-corrected chi connectivity index (χ4v) is 2.19. The molecule has 0 aliphatic carbocycles. The van der Waals surface area contributed by atoms with Crippen molar-refractivity contribution in [3.8, 4) is 0 Å². The van der Waals surface area contributed by atoms with Gasteiger partial charge in [0.15, 0.2) is 5.13 Å². The normalized spacial score (nSPS) is 19.3. The molecule has 0 spiro atoms. The number of hydrogen-bond acceptors (Lipinski definition) is 5. The van der Waals surface area contributed by atoms with Gasteiger partial charge in [-0.2, -0.15) is 0 Å². The van der Waals surface area contributed by atoms with E-state index in [9.17, 15) is 0 Å². The van der Waals surface area contributed by atoms with Crippen LogP contribution in [-0.2, 0) is 0 Å². The van der Waals surface area contributed by atoms with E-state index in [2.05, 4.69) is 21.8 Å². The van der Waals surface area contributed by atoms with Crippen molar-refractivity contribution in [1.29, 1.82) is 0 Å². The Morgan fingerprint density at radius 3 is 2.62 bits per heavy atom. The summed E-state index contributed by atoms with van der Waals surface area (Å²) in [6.45, 7) is 4.41. The van der Waals surface area contributed by atoms with E-state index in [-0.39, 0.29) is 0 Å². The molecule has 0 aromatic carbocycles. The minimum atomic E-state index is 0.661. The summed E-state index contributed by atoms with van der Waals surface area (Å²) in [7, 11) is 2.15. The average Bonchev–Trinajstić information content (AvgIpc) is 2.53. The summed E-state index contributed by atoms with van der Waals surface area (Å²) >= 11 is 1.57. The second-order valence-corrected chi connectivity index (χ2v) is 4.37. The first-order valence-electron chi connectivity index (χ1n) is 4.40. The van der Waals surface area contributed by atoms with Crippen LogP contribution in [0, 0.1) is 0 Å². The maximum Gasteiger partial charge on any atom is 0.181 e. The third kappa shape index (κ3) is 1.92. The van der Waals surface area contributed by atoms with Crippen LogP contribution in [0.5, 0.6) is 0 Å². The number of nitrogens with two attached hydrogens (primary N) is 1. The Morgan fingerprint density at radius 2 is 2.08 bits per heavy atom. The Bertz CT molecular complexity index is 277. The van der Waals surface area contributed by atoms with Gasteiger partial charge in [-0.15, -0.1) is 0 Å². The summed E-state index contributed by atoms with van der Waals surface area (Å²) in [4.78, 5) is 8.73. The first-order chi connectivity index (χ1) is 6.25. The summed E-state index contributed by atoms with van der Waals surface area (Å²) in [5.41, 5.74) is 5.58.